The van der Waals surface area contributed by atoms with Gasteiger partial charge in [0.1, 0.15) is 0 Å². The third-order valence-electron chi connectivity index (χ3n) is 6.24. The Kier molecular flexibility index (Phi) is 26.4. The fourth-order valence-corrected chi connectivity index (χ4v) is 4.16. The van der Waals surface area contributed by atoms with Crippen molar-refractivity contribution in [2.75, 3.05) is 6.61 Å². The van der Waals surface area contributed by atoms with Crippen molar-refractivity contribution in [1.82, 2.24) is 0 Å². The molecular formula is C28H56O2. The summed E-state index contributed by atoms with van der Waals surface area (Å²) in [7, 11) is 0. The molecule has 0 aliphatic heterocycles. The summed E-state index contributed by atoms with van der Waals surface area (Å²) in [5.41, 5.74) is 0. The number of hydrogen-bond acceptors (Lipinski definition) is 2. The second-order valence-electron chi connectivity index (χ2n) is 9.37. The average molecular weight is 425 g/mol. The van der Waals surface area contributed by atoms with Gasteiger partial charge in [0.15, 0.2) is 0 Å². The lowest BCUT2D eigenvalue weighted by Gasteiger charge is -2.06. The summed E-state index contributed by atoms with van der Waals surface area (Å²) in [5.74, 6) is 0. The first-order valence-corrected chi connectivity index (χ1v) is 13.8. The molecular weight excluding hydrogens is 368 g/mol. The van der Waals surface area contributed by atoms with Crippen LogP contribution in [0.4, 0.5) is 0 Å². The Morgan fingerprint density at radius 1 is 0.533 bits per heavy atom. The number of unbranched alkanes of at least 4 members (excludes halogenated alkanes) is 20. The second kappa shape index (κ2) is 26.7. The first kappa shape index (κ1) is 29.7. The van der Waals surface area contributed by atoms with Crippen molar-refractivity contribution in [3.05, 3.63) is 12.2 Å². The van der Waals surface area contributed by atoms with E-state index in [1.807, 2.05) is 6.08 Å². The van der Waals surface area contributed by atoms with Gasteiger partial charge in [-0.15, -0.1) is 0 Å². The summed E-state index contributed by atoms with van der Waals surface area (Å²) in [5, 5.41) is 18.8. The molecule has 0 bridgehead atoms. The van der Waals surface area contributed by atoms with Crippen molar-refractivity contribution in [3.63, 3.8) is 0 Å². The van der Waals surface area contributed by atoms with Crippen LogP contribution >= 0.6 is 0 Å². The Morgan fingerprint density at radius 2 is 0.933 bits per heavy atom. The Morgan fingerprint density at radius 3 is 1.40 bits per heavy atom. The molecule has 2 N–H and O–H groups in total. The van der Waals surface area contributed by atoms with E-state index >= 15 is 0 Å². The van der Waals surface area contributed by atoms with Gasteiger partial charge in [-0.1, -0.05) is 141 Å². The summed E-state index contributed by atoms with van der Waals surface area (Å²) in [6.45, 7) is 2.63. The van der Waals surface area contributed by atoms with E-state index in [2.05, 4.69) is 13.0 Å². The molecule has 2 heteroatoms. The van der Waals surface area contributed by atoms with Gasteiger partial charge < -0.3 is 10.2 Å². The van der Waals surface area contributed by atoms with E-state index in [0.29, 0.717) is 6.61 Å². The molecule has 0 saturated heterocycles. The molecule has 0 amide bonds. The lowest BCUT2D eigenvalue weighted by Crippen LogP contribution is -2.01. The Hall–Kier alpha value is -0.340. The molecule has 0 fully saturated rings. The lowest BCUT2D eigenvalue weighted by atomic mass is 10.0. The Labute approximate surface area is 189 Å². The Bertz CT molecular complexity index is 327. The van der Waals surface area contributed by atoms with Crippen LogP contribution in [0.2, 0.25) is 0 Å². The third-order valence-corrected chi connectivity index (χ3v) is 6.24. The maximum Gasteiger partial charge on any atom is 0.0720 e. The molecule has 0 aromatic rings. The number of allylic oxidation sites excluding steroid dienone is 1. The summed E-state index contributed by atoms with van der Waals surface area (Å²) in [4.78, 5) is 0. The molecule has 0 spiro atoms. The van der Waals surface area contributed by atoms with Crippen molar-refractivity contribution < 1.29 is 10.2 Å². The monoisotopic (exact) mass is 424 g/mol. The van der Waals surface area contributed by atoms with Gasteiger partial charge in [-0.25, -0.2) is 0 Å². The molecule has 0 saturated carbocycles. The van der Waals surface area contributed by atoms with Crippen LogP contribution in [0.25, 0.3) is 0 Å². The van der Waals surface area contributed by atoms with E-state index in [4.69, 9.17) is 5.11 Å². The van der Waals surface area contributed by atoms with Crippen molar-refractivity contribution in [1.29, 1.82) is 0 Å². The van der Waals surface area contributed by atoms with E-state index in [0.717, 1.165) is 25.7 Å². The minimum atomic E-state index is -0.235. The second-order valence-corrected chi connectivity index (χ2v) is 9.37. The van der Waals surface area contributed by atoms with Crippen LogP contribution in [0.5, 0.6) is 0 Å². The highest BCUT2D eigenvalue weighted by atomic mass is 16.3. The van der Waals surface area contributed by atoms with E-state index in [1.54, 1.807) is 0 Å². The zero-order valence-electron chi connectivity index (χ0n) is 20.6. The molecule has 2 nitrogen and oxygen atoms in total. The molecule has 0 heterocycles. The highest BCUT2D eigenvalue weighted by Crippen LogP contribution is 2.14. The molecule has 0 rings (SSSR count). The average Bonchev–Trinajstić information content (AvgIpc) is 2.75. The Balaban J connectivity index is 3.20. The zero-order valence-corrected chi connectivity index (χ0v) is 20.6. The maximum absolute atomic E-state index is 10.1. The van der Waals surface area contributed by atoms with Gasteiger partial charge >= 0.3 is 0 Å². The van der Waals surface area contributed by atoms with E-state index in [9.17, 15) is 5.11 Å². The highest BCUT2D eigenvalue weighted by Gasteiger charge is 1.99. The standard InChI is InChI=1S/C28H56O2/c1-2-3-4-5-6-7-8-9-10-11-13-16-19-22-25-28(30)26-23-20-17-14-12-15-18-21-24-27-29/h23,26,28-30H,2-22,24-25,27H2,1H3/b26-23+/t28-/m1/s1. The van der Waals surface area contributed by atoms with Crippen molar-refractivity contribution >= 4 is 0 Å². The molecule has 0 aromatic heterocycles. The zero-order chi connectivity index (χ0) is 22.0. The number of rotatable bonds is 25. The van der Waals surface area contributed by atoms with Gasteiger partial charge in [0.05, 0.1) is 6.10 Å². The molecule has 0 radical (unpaired) electrons. The van der Waals surface area contributed by atoms with Crippen LogP contribution in [-0.2, 0) is 0 Å². The normalized spacial score (nSPS) is 12.8. The first-order chi connectivity index (χ1) is 14.8. The summed E-state index contributed by atoms with van der Waals surface area (Å²) < 4.78 is 0. The van der Waals surface area contributed by atoms with Gasteiger partial charge in [0.25, 0.3) is 0 Å². The molecule has 0 unspecified atom stereocenters. The number of hydrogen-bond donors (Lipinski definition) is 2. The largest absolute Gasteiger partial charge is 0.396 e. The first-order valence-electron chi connectivity index (χ1n) is 13.8. The molecule has 0 aliphatic rings. The SMILES string of the molecule is CCCCCCCCCCCCCCCC[C@@H](O)/C=C/CCCCCCCCCO. The summed E-state index contributed by atoms with van der Waals surface area (Å²) >= 11 is 0. The predicted octanol–water partition coefficient (Wildman–Crippen LogP) is 8.89. The van der Waals surface area contributed by atoms with Gasteiger partial charge in [-0.2, -0.15) is 0 Å². The molecule has 0 aromatic carbocycles. The quantitative estimate of drug-likeness (QED) is 0.113. The van der Waals surface area contributed by atoms with Gasteiger partial charge in [-0.05, 0) is 25.7 Å². The van der Waals surface area contributed by atoms with Crippen LogP contribution in [0, 0.1) is 0 Å². The van der Waals surface area contributed by atoms with E-state index < -0.39 is 0 Å². The highest BCUT2D eigenvalue weighted by molar-refractivity contribution is 4.88. The fraction of sp³-hybridized carbons (Fsp3) is 0.929. The van der Waals surface area contributed by atoms with Crippen LogP contribution in [-0.4, -0.2) is 22.9 Å². The topological polar surface area (TPSA) is 40.5 Å². The van der Waals surface area contributed by atoms with Crippen molar-refractivity contribution in [2.24, 2.45) is 0 Å². The minimum Gasteiger partial charge on any atom is -0.396 e. The van der Waals surface area contributed by atoms with Gasteiger partial charge in [0.2, 0.25) is 0 Å². The molecule has 30 heavy (non-hydrogen) atoms. The van der Waals surface area contributed by atoms with E-state index in [-0.39, 0.29) is 6.10 Å². The predicted molar refractivity (Wildman–Crippen MR) is 134 cm³/mol. The van der Waals surface area contributed by atoms with Crippen molar-refractivity contribution in [2.45, 2.75) is 161 Å². The van der Waals surface area contributed by atoms with Gasteiger partial charge in [0, 0.05) is 6.61 Å². The van der Waals surface area contributed by atoms with Crippen LogP contribution in [0.15, 0.2) is 12.2 Å². The van der Waals surface area contributed by atoms with Crippen LogP contribution in [0.3, 0.4) is 0 Å². The molecule has 0 aliphatic carbocycles. The molecule has 1 atom stereocenters. The summed E-state index contributed by atoms with van der Waals surface area (Å²) in [6, 6.07) is 0. The van der Waals surface area contributed by atoms with Gasteiger partial charge in [-0.3, -0.25) is 0 Å². The van der Waals surface area contributed by atoms with Crippen LogP contribution in [0.1, 0.15) is 155 Å². The molecule has 180 valence electrons. The van der Waals surface area contributed by atoms with Crippen LogP contribution < -0.4 is 0 Å². The fourth-order valence-electron chi connectivity index (χ4n) is 4.16. The number of aliphatic hydroxyl groups excluding tert-OH is 2. The van der Waals surface area contributed by atoms with E-state index in [1.165, 1.54) is 122 Å². The van der Waals surface area contributed by atoms with Crippen molar-refractivity contribution in [3.8, 4) is 0 Å². The lowest BCUT2D eigenvalue weighted by molar-refractivity contribution is 0.207. The maximum atomic E-state index is 10.1. The summed E-state index contributed by atoms with van der Waals surface area (Å²) in [6.07, 6.45) is 33.9. The smallest absolute Gasteiger partial charge is 0.0720 e. The minimum absolute atomic E-state index is 0.235. The third kappa shape index (κ3) is 25.7. The number of aliphatic hydroxyl groups is 2.